The molecule has 2 heterocycles. The summed E-state index contributed by atoms with van der Waals surface area (Å²) in [5.74, 6) is 1.69. The van der Waals surface area contributed by atoms with Gasteiger partial charge in [0, 0.05) is 11.6 Å². The fourth-order valence-corrected chi connectivity index (χ4v) is 4.12. The van der Waals surface area contributed by atoms with E-state index in [1.54, 1.807) is 17.0 Å². The molecular weight excluding hydrogens is 396 g/mol. The number of halogens is 1. The third-order valence-electron chi connectivity index (χ3n) is 4.16. The molecule has 1 amide bonds. The molecule has 5 nitrogen and oxygen atoms in total. The van der Waals surface area contributed by atoms with Crippen molar-refractivity contribution in [3.8, 4) is 11.5 Å². The van der Waals surface area contributed by atoms with Crippen molar-refractivity contribution in [3.05, 3.63) is 58.0 Å². The number of nitrogens with zero attached hydrogens (tertiary/aromatic N) is 2. The third kappa shape index (κ3) is 4.03. The van der Waals surface area contributed by atoms with E-state index in [4.69, 9.17) is 21.1 Å². The van der Waals surface area contributed by atoms with Crippen LogP contribution in [-0.2, 0) is 4.79 Å². The van der Waals surface area contributed by atoms with Crippen LogP contribution in [0.5, 0.6) is 11.5 Å². The molecular formula is C21H19ClN2O3S. The van der Waals surface area contributed by atoms with Gasteiger partial charge in [0.25, 0.3) is 5.91 Å². The van der Waals surface area contributed by atoms with Crippen molar-refractivity contribution in [2.45, 2.75) is 13.8 Å². The maximum atomic E-state index is 13.0. The summed E-state index contributed by atoms with van der Waals surface area (Å²) >= 11 is 7.44. The molecule has 0 spiro atoms. The van der Waals surface area contributed by atoms with Gasteiger partial charge in [0.2, 0.25) is 6.79 Å². The molecule has 7 heteroatoms. The average Bonchev–Trinajstić information content (AvgIpc) is 3.21. The Morgan fingerprint density at radius 2 is 2.04 bits per heavy atom. The van der Waals surface area contributed by atoms with Gasteiger partial charge in [-0.2, -0.15) is 0 Å². The first-order valence-corrected chi connectivity index (χ1v) is 10.1. The molecule has 0 N–H and O–H groups in total. The van der Waals surface area contributed by atoms with E-state index in [1.165, 1.54) is 11.8 Å². The van der Waals surface area contributed by atoms with Crippen LogP contribution < -0.4 is 9.47 Å². The van der Waals surface area contributed by atoms with Crippen molar-refractivity contribution in [2.24, 2.45) is 10.9 Å². The molecule has 144 valence electrons. The van der Waals surface area contributed by atoms with Gasteiger partial charge in [0.1, 0.15) is 0 Å². The average molecular weight is 415 g/mol. The molecule has 0 saturated carbocycles. The highest BCUT2D eigenvalue weighted by atomic mass is 35.5. The molecule has 0 radical (unpaired) electrons. The molecule has 1 saturated heterocycles. The van der Waals surface area contributed by atoms with Gasteiger partial charge in [-0.15, -0.1) is 0 Å². The van der Waals surface area contributed by atoms with Gasteiger partial charge in [0.05, 0.1) is 10.6 Å². The first-order chi connectivity index (χ1) is 13.5. The normalized spacial score (nSPS) is 18.7. The summed E-state index contributed by atoms with van der Waals surface area (Å²) in [4.78, 5) is 20.0. The highest BCUT2D eigenvalue weighted by Gasteiger charge is 2.33. The smallest absolute Gasteiger partial charge is 0.266 e. The zero-order valence-electron chi connectivity index (χ0n) is 15.5. The number of amides is 1. The largest absolute Gasteiger partial charge is 0.454 e. The SMILES string of the molecule is CC(C)CN1C(=O)/C(=C\c2ccc3c(c2)OCO3)SC1=Nc1cccc(Cl)c1. The standard InChI is InChI=1S/C21H19ClN2O3S/c1-13(2)11-24-20(25)19(9-14-6-7-17-18(8-14)27-12-26-17)28-21(24)23-16-5-3-4-15(22)10-16/h3-10,13H,11-12H2,1-2H3/b19-9+,23-21?. The molecule has 0 atom stereocenters. The molecule has 2 aromatic carbocycles. The Hall–Kier alpha value is -2.44. The lowest BCUT2D eigenvalue weighted by molar-refractivity contribution is -0.122. The minimum Gasteiger partial charge on any atom is -0.454 e. The summed E-state index contributed by atoms with van der Waals surface area (Å²) in [7, 11) is 0. The second-order valence-electron chi connectivity index (χ2n) is 6.91. The van der Waals surface area contributed by atoms with Crippen LogP contribution in [0.3, 0.4) is 0 Å². The summed E-state index contributed by atoms with van der Waals surface area (Å²) in [6.45, 7) is 4.98. The number of aliphatic imine (C=N–C) groups is 1. The monoisotopic (exact) mass is 414 g/mol. The van der Waals surface area contributed by atoms with E-state index in [9.17, 15) is 4.79 Å². The van der Waals surface area contributed by atoms with Crippen LogP contribution >= 0.6 is 23.4 Å². The van der Waals surface area contributed by atoms with Gasteiger partial charge in [-0.1, -0.05) is 37.6 Å². The number of fused-ring (bicyclic) bond motifs is 1. The lowest BCUT2D eigenvalue weighted by atomic mass is 10.1. The number of carbonyl (C=O) groups excluding carboxylic acids is 1. The summed E-state index contributed by atoms with van der Waals surface area (Å²) in [5, 5.41) is 1.27. The van der Waals surface area contributed by atoms with E-state index < -0.39 is 0 Å². The molecule has 1 fully saturated rings. The Bertz CT molecular complexity index is 987. The lowest BCUT2D eigenvalue weighted by Crippen LogP contribution is -2.32. The topological polar surface area (TPSA) is 51.1 Å². The highest BCUT2D eigenvalue weighted by Crippen LogP contribution is 2.37. The van der Waals surface area contributed by atoms with E-state index in [1.807, 2.05) is 36.4 Å². The summed E-state index contributed by atoms with van der Waals surface area (Å²) < 4.78 is 10.8. The van der Waals surface area contributed by atoms with E-state index in [-0.39, 0.29) is 12.7 Å². The Kier molecular flexibility index (Phi) is 5.33. The van der Waals surface area contributed by atoms with Crippen LogP contribution in [-0.4, -0.2) is 29.3 Å². The molecule has 0 unspecified atom stereocenters. The number of benzene rings is 2. The fourth-order valence-electron chi connectivity index (χ4n) is 2.93. The van der Waals surface area contributed by atoms with Gasteiger partial charge < -0.3 is 9.47 Å². The van der Waals surface area contributed by atoms with Crippen LogP contribution in [0.4, 0.5) is 5.69 Å². The summed E-state index contributed by atoms with van der Waals surface area (Å²) in [6.07, 6.45) is 1.86. The third-order valence-corrected chi connectivity index (χ3v) is 5.40. The summed E-state index contributed by atoms with van der Waals surface area (Å²) in [6, 6.07) is 12.9. The number of rotatable bonds is 4. The number of thioether (sulfide) groups is 1. The second-order valence-corrected chi connectivity index (χ2v) is 8.35. The molecule has 0 aliphatic carbocycles. The predicted octanol–water partition coefficient (Wildman–Crippen LogP) is 5.33. The summed E-state index contributed by atoms with van der Waals surface area (Å²) in [5.41, 5.74) is 1.61. The molecule has 2 aliphatic rings. The van der Waals surface area contributed by atoms with E-state index in [2.05, 4.69) is 18.8 Å². The number of ether oxygens (including phenoxy) is 2. The van der Waals surface area contributed by atoms with Crippen molar-refractivity contribution in [1.82, 2.24) is 4.90 Å². The second kappa shape index (κ2) is 7.89. The lowest BCUT2D eigenvalue weighted by Gasteiger charge is -2.17. The Morgan fingerprint density at radius 1 is 1.21 bits per heavy atom. The molecule has 0 bridgehead atoms. The Morgan fingerprint density at radius 3 is 2.82 bits per heavy atom. The maximum Gasteiger partial charge on any atom is 0.266 e. The van der Waals surface area contributed by atoms with Crippen LogP contribution in [0.15, 0.2) is 52.4 Å². The maximum absolute atomic E-state index is 13.0. The first kappa shape index (κ1) is 18.9. The van der Waals surface area contributed by atoms with Crippen molar-refractivity contribution in [1.29, 1.82) is 0 Å². The quantitative estimate of drug-likeness (QED) is 0.634. The van der Waals surface area contributed by atoms with Gasteiger partial charge >= 0.3 is 0 Å². The van der Waals surface area contributed by atoms with Crippen LogP contribution in [0.2, 0.25) is 5.02 Å². The van der Waals surface area contributed by atoms with Crippen LogP contribution in [0, 0.1) is 5.92 Å². The number of hydrogen-bond donors (Lipinski definition) is 0. The Balaban J connectivity index is 1.67. The van der Waals surface area contributed by atoms with Gasteiger partial charge in [-0.25, -0.2) is 4.99 Å². The van der Waals surface area contributed by atoms with E-state index in [0.717, 1.165) is 17.0 Å². The zero-order chi connectivity index (χ0) is 19.7. The number of amidine groups is 1. The minimum atomic E-state index is -0.0443. The Labute approximate surface area is 173 Å². The van der Waals surface area contributed by atoms with Crippen molar-refractivity contribution >= 4 is 46.2 Å². The van der Waals surface area contributed by atoms with Crippen LogP contribution in [0.25, 0.3) is 6.08 Å². The van der Waals surface area contributed by atoms with E-state index in [0.29, 0.717) is 33.3 Å². The van der Waals surface area contributed by atoms with Crippen molar-refractivity contribution in [2.75, 3.05) is 13.3 Å². The first-order valence-electron chi connectivity index (χ1n) is 8.95. The predicted molar refractivity (Wildman–Crippen MR) is 113 cm³/mol. The van der Waals surface area contributed by atoms with Crippen molar-refractivity contribution in [3.63, 3.8) is 0 Å². The molecule has 4 rings (SSSR count). The molecule has 2 aromatic rings. The van der Waals surface area contributed by atoms with Crippen LogP contribution in [0.1, 0.15) is 19.4 Å². The zero-order valence-corrected chi connectivity index (χ0v) is 17.1. The number of hydrogen-bond acceptors (Lipinski definition) is 5. The fraction of sp³-hybridized carbons (Fsp3) is 0.238. The highest BCUT2D eigenvalue weighted by molar-refractivity contribution is 8.18. The van der Waals surface area contributed by atoms with Gasteiger partial charge in [0.15, 0.2) is 16.7 Å². The van der Waals surface area contributed by atoms with E-state index >= 15 is 0 Å². The molecule has 2 aliphatic heterocycles. The molecule has 28 heavy (non-hydrogen) atoms. The molecule has 0 aromatic heterocycles. The van der Waals surface area contributed by atoms with Gasteiger partial charge in [-0.05, 0) is 59.7 Å². The van der Waals surface area contributed by atoms with Gasteiger partial charge in [-0.3, -0.25) is 9.69 Å². The van der Waals surface area contributed by atoms with Crippen molar-refractivity contribution < 1.29 is 14.3 Å². The number of carbonyl (C=O) groups is 1. The minimum absolute atomic E-state index is 0.0443.